The van der Waals surface area contributed by atoms with Gasteiger partial charge >= 0.3 is 5.97 Å². The molecule has 20 heavy (non-hydrogen) atoms. The van der Waals surface area contributed by atoms with Crippen molar-refractivity contribution in [2.45, 2.75) is 62.0 Å². The van der Waals surface area contributed by atoms with E-state index >= 15 is 0 Å². The van der Waals surface area contributed by atoms with Gasteiger partial charge in [-0.05, 0) is 47.0 Å². The molecule has 0 unspecified atom stereocenters. The van der Waals surface area contributed by atoms with Crippen LogP contribution in [0.1, 0.15) is 53.4 Å². The molecule has 0 bridgehead atoms. The lowest BCUT2D eigenvalue weighted by Gasteiger charge is -2.16. The van der Waals surface area contributed by atoms with Crippen molar-refractivity contribution < 1.29 is 14.3 Å². The van der Waals surface area contributed by atoms with Crippen LogP contribution >= 0.6 is 31.9 Å². The van der Waals surface area contributed by atoms with Crippen LogP contribution in [0.2, 0.25) is 0 Å². The first-order valence-electron chi connectivity index (χ1n) is 6.88. The molecule has 0 fully saturated rings. The Hall–Kier alpha value is -0.100. The van der Waals surface area contributed by atoms with Gasteiger partial charge in [-0.2, -0.15) is 0 Å². The number of carbonyl (C=O) groups excluding carboxylic acids is 2. The van der Waals surface area contributed by atoms with Crippen LogP contribution in [0, 0.1) is 0 Å². The molecule has 6 heteroatoms. The smallest absolute Gasteiger partial charge is 0.322 e. The van der Waals surface area contributed by atoms with Gasteiger partial charge in [0.15, 0.2) is 0 Å². The minimum atomic E-state index is -0.611. The van der Waals surface area contributed by atoms with E-state index in [0.717, 1.165) is 25.7 Å². The second-order valence-electron chi connectivity index (χ2n) is 5.75. The molecule has 1 amide bonds. The Morgan fingerprint density at radius 1 is 0.950 bits per heavy atom. The third-order valence-corrected chi connectivity index (χ3v) is 3.30. The lowest BCUT2D eigenvalue weighted by molar-refractivity contribution is -0.145. The van der Waals surface area contributed by atoms with Gasteiger partial charge in [0.1, 0.15) is 4.32 Å². The fraction of sp³-hybridized carbons (Fsp3) is 0.857. The molecule has 1 N–H and O–H groups in total. The zero-order valence-electron chi connectivity index (χ0n) is 12.7. The highest BCUT2D eigenvalue weighted by Crippen LogP contribution is 2.17. The van der Waals surface area contributed by atoms with E-state index < -0.39 is 8.65 Å². The van der Waals surface area contributed by atoms with Gasteiger partial charge in [-0.25, -0.2) is 0 Å². The normalized spacial score (nSPS) is 12.1. The Kier molecular flexibility index (Phi) is 8.98. The molecule has 0 aliphatic heterocycles. The fourth-order valence-corrected chi connectivity index (χ4v) is 1.58. The van der Waals surface area contributed by atoms with Crippen molar-refractivity contribution >= 4 is 43.7 Å². The van der Waals surface area contributed by atoms with Crippen molar-refractivity contribution in [1.82, 2.24) is 5.32 Å². The van der Waals surface area contributed by atoms with Crippen molar-refractivity contribution in [3.63, 3.8) is 0 Å². The first kappa shape index (κ1) is 19.9. The standard InChI is InChI=1S/C14H25Br2NO3/c1-13(2,15)11(18)17-9-7-5-6-8-10-20-12(19)14(3,4)16/h5-10H2,1-4H3,(H,17,18). The van der Waals surface area contributed by atoms with Gasteiger partial charge in [0, 0.05) is 6.54 Å². The third kappa shape index (κ3) is 9.75. The molecule has 0 spiro atoms. The number of esters is 1. The van der Waals surface area contributed by atoms with E-state index in [-0.39, 0.29) is 11.9 Å². The minimum absolute atomic E-state index is 0.00554. The van der Waals surface area contributed by atoms with Crippen molar-refractivity contribution in [2.75, 3.05) is 13.2 Å². The van der Waals surface area contributed by atoms with Gasteiger partial charge in [0.05, 0.1) is 10.9 Å². The number of halogens is 2. The van der Waals surface area contributed by atoms with Crippen LogP contribution in [0.25, 0.3) is 0 Å². The molecule has 0 saturated heterocycles. The number of rotatable bonds is 9. The molecule has 0 aliphatic rings. The average molecular weight is 415 g/mol. The maximum absolute atomic E-state index is 11.5. The third-order valence-electron chi connectivity index (χ3n) is 2.62. The highest BCUT2D eigenvalue weighted by molar-refractivity contribution is 9.10. The highest BCUT2D eigenvalue weighted by atomic mass is 79.9. The van der Waals surface area contributed by atoms with Crippen molar-refractivity contribution in [3.05, 3.63) is 0 Å². The number of alkyl halides is 2. The first-order valence-corrected chi connectivity index (χ1v) is 8.47. The number of unbranched alkanes of at least 4 members (excludes halogenated alkanes) is 3. The first-order chi connectivity index (χ1) is 9.05. The second-order valence-corrected chi connectivity index (χ2v) is 9.72. The van der Waals surface area contributed by atoms with Crippen LogP contribution in [0.4, 0.5) is 0 Å². The number of carbonyl (C=O) groups is 2. The maximum atomic E-state index is 11.5. The van der Waals surface area contributed by atoms with Gasteiger partial charge < -0.3 is 10.1 Å². The predicted molar refractivity (Wildman–Crippen MR) is 88.4 cm³/mol. The molecule has 0 rings (SSSR count). The van der Waals surface area contributed by atoms with Crippen LogP contribution in [-0.2, 0) is 14.3 Å². The predicted octanol–water partition coefficient (Wildman–Crippen LogP) is 3.55. The molecule has 0 aromatic heterocycles. The van der Waals surface area contributed by atoms with Crippen LogP contribution in [0.5, 0.6) is 0 Å². The summed E-state index contributed by atoms with van der Waals surface area (Å²) < 4.78 is 4.01. The molecular weight excluding hydrogens is 390 g/mol. The van der Waals surface area contributed by atoms with Gasteiger partial charge in [0.25, 0.3) is 0 Å². The quantitative estimate of drug-likeness (QED) is 0.356. The number of hydrogen-bond acceptors (Lipinski definition) is 3. The average Bonchev–Trinajstić information content (AvgIpc) is 2.29. The Balaban J connectivity index is 3.47. The second kappa shape index (κ2) is 9.03. The van der Waals surface area contributed by atoms with E-state index in [9.17, 15) is 9.59 Å². The number of hydrogen-bond donors (Lipinski definition) is 1. The summed E-state index contributed by atoms with van der Waals surface area (Å²) in [6, 6.07) is 0. The van der Waals surface area contributed by atoms with E-state index in [0.29, 0.717) is 13.2 Å². The number of ether oxygens (including phenoxy) is 1. The molecule has 0 aromatic rings. The van der Waals surface area contributed by atoms with Crippen LogP contribution in [0.3, 0.4) is 0 Å². The van der Waals surface area contributed by atoms with Crippen molar-refractivity contribution in [1.29, 1.82) is 0 Å². The van der Waals surface area contributed by atoms with Crippen LogP contribution in [-0.4, -0.2) is 33.7 Å². The van der Waals surface area contributed by atoms with Gasteiger partial charge in [-0.15, -0.1) is 0 Å². The monoisotopic (exact) mass is 413 g/mol. The SMILES string of the molecule is CC(C)(Br)C(=O)NCCCCCCOC(=O)C(C)(C)Br. The molecule has 0 radical (unpaired) electrons. The molecule has 0 heterocycles. The van der Waals surface area contributed by atoms with E-state index in [2.05, 4.69) is 37.2 Å². The zero-order chi connectivity index (χ0) is 15.8. The van der Waals surface area contributed by atoms with Gasteiger partial charge in [0.2, 0.25) is 5.91 Å². The summed E-state index contributed by atoms with van der Waals surface area (Å²) in [4.78, 5) is 23.0. The van der Waals surface area contributed by atoms with Gasteiger partial charge in [-0.1, -0.05) is 38.3 Å². The van der Waals surface area contributed by atoms with Crippen LogP contribution in [0.15, 0.2) is 0 Å². The summed E-state index contributed by atoms with van der Waals surface area (Å²) in [5.41, 5.74) is 0. The minimum Gasteiger partial charge on any atom is -0.465 e. The molecule has 118 valence electrons. The van der Waals surface area contributed by atoms with E-state index in [1.54, 1.807) is 13.8 Å². The maximum Gasteiger partial charge on any atom is 0.322 e. The highest BCUT2D eigenvalue weighted by Gasteiger charge is 2.25. The van der Waals surface area contributed by atoms with Crippen molar-refractivity contribution in [2.24, 2.45) is 0 Å². The van der Waals surface area contributed by atoms with E-state index in [1.807, 2.05) is 13.8 Å². The van der Waals surface area contributed by atoms with E-state index in [1.165, 1.54) is 0 Å². The Bertz CT molecular complexity index is 287. The molecule has 0 atom stereocenters. The topological polar surface area (TPSA) is 55.4 Å². The molecule has 4 nitrogen and oxygen atoms in total. The number of nitrogens with one attached hydrogen (secondary N) is 1. The van der Waals surface area contributed by atoms with Crippen LogP contribution < -0.4 is 5.32 Å². The summed E-state index contributed by atoms with van der Waals surface area (Å²) in [6.07, 6.45) is 3.79. The Morgan fingerprint density at radius 2 is 1.50 bits per heavy atom. The largest absolute Gasteiger partial charge is 0.465 e. The number of amides is 1. The lowest BCUT2D eigenvalue weighted by Crippen LogP contribution is -2.37. The Morgan fingerprint density at radius 3 is 2.00 bits per heavy atom. The summed E-state index contributed by atoms with van der Waals surface area (Å²) in [7, 11) is 0. The fourth-order valence-electron chi connectivity index (χ4n) is 1.33. The summed E-state index contributed by atoms with van der Waals surface area (Å²) in [5, 5.41) is 2.87. The summed E-state index contributed by atoms with van der Waals surface area (Å²) in [5.74, 6) is -0.227. The zero-order valence-corrected chi connectivity index (χ0v) is 15.9. The molecule has 0 aliphatic carbocycles. The van der Waals surface area contributed by atoms with Gasteiger partial charge in [-0.3, -0.25) is 9.59 Å². The van der Waals surface area contributed by atoms with Crippen molar-refractivity contribution in [3.8, 4) is 0 Å². The van der Waals surface area contributed by atoms with E-state index in [4.69, 9.17) is 4.74 Å². The summed E-state index contributed by atoms with van der Waals surface area (Å²) in [6.45, 7) is 8.31. The summed E-state index contributed by atoms with van der Waals surface area (Å²) >= 11 is 6.57. The molecule has 0 aromatic carbocycles. The lowest BCUT2D eigenvalue weighted by atomic mass is 10.1. The molecular formula is C14H25Br2NO3. The Labute approximate surface area is 138 Å². The molecule has 0 saturated carbocycles.